The number of imidazole rings is 1. The first-order chi connectivity index (χ1) is 15.4. The molecule has 14 heteroatoms. The summed E-state index contributed by atoms with van der Waals surface area (Å²) in [7, 11) is 0. The second-order valence-electron chi connectivity index (χ2n) is 7.82. The summed E-state index contributed by atoms with van der Waals surface area (Å²) in [5, 5.41) is 34.5. The van der Waals surface area contributed by atoms with Crippen LogP contribution in [0.2, 0.25) is 0 Å². The van der Waals surface area contributed by atoms with Gasteiger partial charge in [-0.2, -0.15) is 0 Å². The number of aliphatic hydroxyl groups is 1. The summed E-state index contributed by atoms with van der Waals surface area (Å²) in [5.41, 5.74) is 6.18. The van der Waals surface area contributed by atoms with Crippen molar-refractivity contribution in [2.45, 2.75) is 57.3 Å². The van der Waals surface area contributed by atoms with E-state index in [1.54, 1.807) is 0 Å². The van der Waals surface area contributed by atoms with Gasteiger partial charge in [0.2, 0.25) is 17.7 Å². The summed E-state index contributed by atoms with van der Waals surface area (Å²) >= 11 is 0. The smallest absolute Gasteiger partial charge is 0.326 e. The van der Waals surface area contributed by atoms with Crippen LogP contribution in [0.3, 0.4) is 0 Å². The van der Waals surface area contributed by atoms with Crippen molar-refractivity contribution in [3.8, 4) is 0 Å². The topological polar surface area (TPSA) is 237 Å². The summed E-state index contributed by atoms with van der Waals surface area (Å²) in [4.78, 5) is 66.3. The quantitative estimate of drug-likeness (QED) is 0.140. The lowest BCUT2D eigenvalue weighted by Gasteiger charge is -2.23. The number of aliphatic carboxylic acids is 2. The van der Waals surface area contributed by atoms with Gasteiger partial charge in [0.1, 0.15) is 18.1 Å². The van der Waals surface area contributed by atoms with Gasteiger partial charge in [0.25, 0.3) is 0 Å². The van der Waals surface area contributed by atoms with Gasteiger partial charge in [-0.1, -0.05) is 13.8 Å². The highest BCUT2D eigenvalue weighted by Gasteiger charge is 2.31. The molecule has 0 aliphatic heterocycles. The number of nitrogens with two attached hydrogens (primary N) is 1. The molecule has 1 heterocycles. The first-order valence-electron chi connectivity index (χ1n) is 10.1. The number of nitrogens with one attached hydrogen (secondary N) is 4. The van der Waals surface area contributed by atoms with Gasteiger partial charge in [-0.05, 0) is 12.3 Å². The number of H-pyrrole nitrogens is 1. The van der Waals surface area contributed by atoms with E-state index >= 15 is 0 Å². The Balaban J connectivity index is 2.84. The highest BCUT2D eigenvalue weighted by molar-refractivity contribution is 5.95. The maximum atomic E-state index is 12.6. The van der Waals surface area contributed by atoms with E-state index in [1.165, 1.54) is 12.5 Å². The zero-order chi connectivity index (χ0) is 25.1. The van der Waals surface area contributed by atoms with Crippen molar-refractivity contribution in [1.82, 2.24) is 25.9 Å². The van der Waals surface area contributed by atoms with Crippen molar-refractivity contribution in [3.63, 3.8) is 0 Å². The SMILES string of the molecule is CC(C)CC(N)C(=O)NC(CC(=O)O)C(=O)NC(CO)C(=O)NC(Cc1cnc[nH]1)C(=O)O. The molecule has 4 unspecified atom stereocenters. The summed E-state index contributed by atoms with van der Waals surface area (Å²) in [6.07, 6.45) is 2.05. The second-order valence-corrected chi connectivity index (χ2v) is 7.82. The summed E-state index contributed by atoms with van der Waals surface area (Å²) in [6, 6.07) is -5.55. The second kappa shape index (κ2) is 13.1. The van der Waals surface area contributed by atoms with Crippen molar-refractivity contribution in [3.05, 3.63) is 18.2 Å². The largest absolute Gasteiger partial charge is 0.481 e. The number of aliphatic hydroxyl groups excluding tert-OH is 1. The van der Waals surface area contributed by atoms with Crippen molar-refractivity contribution >= 4 is 29.7 Å². The van der Waals surface area contributed by atoms with Gasteiger partial charge >= 0.3 is 11.9 Å². The van der Waals surface area contributed by atoms with Crippen molar-refractivity contribution < 1.29 is 39.3 Å². The fourth-order valence-electron chi connectivity index (χ4n) is 2.83. The molecule has 184 valence electrons. The molecular weight excluding hydrogens is 440 g/mol. The zero-order valence-electron chi connectivity index (χ0n) is 18.3. The molecule has 0 saturated carbocycles. The minimum Gasteiger partial charge on any atom is -0.481 e. The van der Waals surface area contributed by atoms with E-state index in [9.17, 15) is 34.2 Å². The zero-order valence-corrected chi connectivity index (χ0v) is 18.3. The maximum absolute atomic E-state index is 12.6. The Morgan fingerprint density at radius 1 is 1.00 bits per heavy atom. The fraction of sp³-hybridized carbons (Fsp3) is 0.579. The number of carboxylic acid groups (broad SMARTS) is 2. The molecule has 4 atom stereocenters. The molecular formula is C19H30N6O8. The van der Waals surface area contributed by atoms with Gasteiger partial charge in [0.05, 0.1) is 25.4 Å². The average Bonchev–Trinajstić information content (AvgIpc) is 3.22. The molecule has 0 bridgehead atoms. The Kier molecular flexibility index (Phi) is 10.9. The molecule has 0 fully saturated rings. The van der Waals surface area contributed by atoms with Gasteiger partial charge in [-0.3, -0.25) is 19.2 Å². The maximum Gasteiger partial charge on any atom is 0.326 e. The van der Waals surface area contributed by atoms with Gasteiger partial charge in [-0.15, -0.1) is 0 Å². The minimum absolute atomic E-state index is 0.0731. The first kappa shape index (κ1) is 27.5. The molecule has 3 amide bonds. The number of nitrogens with zero attached hydrogens (tertiary/aromatic N) is 1. The monoisotopic (exact) mass is 470 g/mol. The van der Waals surface area contributed by atoms with Crippen LogP contribution in [0.15, 0.2) is 12.5 Å². The number of carbonyl (C=O) groups excluding carboxylic acids is 3. The number of hydrogen-bond acceptors (Lipinski definition) is 8. The number of carboxylic acids is 2. The Morgan fingerprint density at radius 3 is 2.06 bits per heavy atom. The van der Waals surface area contributed by atoms with Crippen LogP contribution in [-0.2, 0) is 30.4 Å². The van der Waals surface area contributed by atoms with E-state index in [2.05, 4.69) is 25.9 Å². The predicted octanol–water partition coefficient (Wildman–Crippen LogP) is -2.67. The molecule has 9 N–H and O–H groups in total. The van der Waals surface area contributed by atoms with Gasteiger partial charge in [0.15, 0.2) is 0 Å². The molecule has 0 aliphatic carbocycles. The summed E-state index contributed by atoms with van der Waals surface area (Å²) < 4.78 is 0. The van der Waals surface area contributed by atoms with E-state index in [4.69, 9.17) is 10.8 Å². The third kappa shape index (κ3) is 9.65. The van der Waals surface area contributed by atoms with Crippen LogP contribution in [0, 0.1) is 5.92 Å². The van der Waals surface area contributed by atoms with Crippen LogP contribution in [0.25, 0.3) is 0 Å². The van der Waals surface area contributed by atoms with Gasteiger partial charge in [0, 0.05) is 18.3 Å². The fourth-order valence-corrected chi connectivity index (χ4v) is 2.83. The highest BCUT2D eigenvalue weighted by atomic mass is 16.4. The Morgan fingerprint density at radius 2 is 1.58 bits per heavy atom. The van der Waals surface area contributed by atoms with E-state index in [0.717, 1.165) is 0 Å². The molecule has 14 nitrogen and oxygen atoms in total. The van der Waals surface area contributed by atoms with Crippen molar-refractivity contribution in [2.75, 3.05) is 6.61 Å². The molecule has 0 spiro atoms. The standard InChI is InChI=1S/C19H30N6O8/c1-9(2)3-11(20)16(29)23-12(5-15(27)28)17(30)25-14(7-26)18(31)24-13(19(32)33)4-10-6-21-8-22-10/h6,8-9,11-14,26H,3-5,7,20H2,1-2H3,(H,21,22)(H,23,29)(H,24,31)(H,25,30)(H,27,28)(H,32,33). The summed E-state index contributed by atoms with van der Waals surface area (Å²) in [5.74, 6) is -5.52. The normalized spacial score (nSPS) is 14.6. The highest BCUT2D eigenvalue weighted by Crippen LogP contribution is 2.04. The van der Waals surface area contributed by atoms with E-state index < -0.39 is 66.9 Å². The minimum atomic E-state index is -1.60. The first-order valence-corrected chi connectivity index (χ1v) is 10.1. The Bertz CT molecular complexity index is 828. The molecule has 1 aromatic rings. The van der Waals surface area contributed by atoms with Crippen LogP contribution in [0.1, 0.15) is 32.4 Å². The molecule has 0 aromatic carbocycles. The number of carbonyl (C=O) groups is 5. The van der Waals surface area contributed by atoms with E-state index in [0.29, 0.717) is 12.1 Å². The predicted molar refractivity (Wildman–Crippen MR) is 112 cm³/mol. The Labute approximate surface area is 189 Å². The van der Waals surface area contributed by atoms with Crippen LogP contribution >= 0.6 is 0 Å². The van der Waals surface area contributed by atoms with Crippen molar-refractivity contribution in [2.24, 2.45) is 11.7 Å². The number of amides is 3. The lowest BCUT2D eigenvalue weighted by atomic mass is 10.0. The molecule has 0 saturated heterocycles. The van der Waals surface area contributed by atoms with E-state index in [-0.39, 0.29) is 12.3 Å². The summed E-state index contributed by atoms with van der Waals surface area (Å²) in [6.45, 7) is 2.75. The molecule has 0 radical (unpaired) electrons. The van der Waals surface area contributed by atoms with Gasteiger partial charge < -0.3 is 42.0 Å². The van der Waals surface area contributed by atoms with Crippen LogP contribution < -0.4 is 21.7 Å². The molecule has 33 heavy (non-hydrogen) atoms. The van der Waals surface area contributed by atoms with Crippen molar-refractivity contribution in [1.29, 1.82) is 0 Å². The molecule has 1 aromatic heterocycles. The number of hydrogen-bond donors (Lipinski definition) is 8. The molecule has 0 aliphatic rings. The third-order valence-corrected chi connectivity index (χ3v) is 4.48. The van der Waals surface area contributed by atoms with Crippen LogP contribution in [0.5, 0.6) is 0 Å². The lowest BCUT2D eigenvalue weighted by molar-refractivity contribution is -0.143. The van der Waals surface area contributed by atoms with Crippen LogP contribution in [0.4, 0.5) is 0 Å². The number of aromatic amines is 1. The van der Waals surface area contributed by atoms with Crippen LogP contribution in [-0.4, -0.2) is 85.7 Å². The van der Waals surface area contributed by atoms with E-state index in [1.807, 2.05) is 13.8 Å². The van der Waals surface area contributed by atoms with Gasteiger partial charge in [-0.25, -0.2) is 9.78 Å². The molecule has 1 rings (SSSR count). The number of aromatic nitrogens is 2. The number of rotatable bonds is 14. The average molecular weight is 470 g/mol. The lowest BCUT2D eigenvalue weighted by Crippen LogP contribution is -2.58. The third-order valence-electron chi connectivity index (χ3n) is 4.48. The Hall–Kier alpha value is -3.52.